The van der Waals surface area contributed by atoms with E-state index >= 15 is 0 Å². The van der Waals surface area contributed by atoms with E-state index in [-0.39, 0.29) is 21.2 Å². The van der Waals surface area contributed by atoms with Crippen molar-refractivity contribution in [3.05, 3.63) is 63.7 Å². The lowest BCUT2D eigenvalue weighted by Gasteiger charge is -2.08. The first kappa shape index (κ1) is 20.7. The molecule has 0 aliphatic rings. The van der Waals surface area contributed by atoms with Crippen molar-refractivity contribution in [1.29, 1.82) is 0 Å². The fraction of sp³-hybridized carbons (Fsp3) is 0.200. The van der Waals surface area contributed by atoms with Gasteiger partial charge in [-0.15, -0.1) is 0 Å². The molecule has 9 heteroatoms. The first-order valence-corrected chi connectivity index (χ1v) is 10.4. The van der Waals surface area contributed by atoms with Crippen LogP contribution in [0.25, 0.3) is 0 Å². The number of ether oxygens (including phenoxy) is 1. The normalized spacial score (nSPS) is 11.4. The van der Waals surface area contributed by atoms with Crippen molar-refractivity contribution in [2.75, 3.05) is 7.11 Å². The van der Waals surface area contributed by atoms with Crippen LogP contribution in [0.1, 0.15) is 5.56 Å². The SMILES string of the molecule is COc1ccc([I+]Cc2ccccc2)cc1.O=S(=O)([O-])C(F)(F)F. The summed E-state index contributed by atoms with van der Waals surface area (Å²) in [5.41, 5.74) is -4.21. The highest BCUT2D eigenvalue weighted by Gasteiger charge is 2.36. The predicted octanol–water partition coefficient (Wildman–Crippen LogP) is 0.205. The van der Waals surface area contributed by atoms with E-state index in [2.05, 4.69) is 42.5 Å². The van der Waals surface area contributed by atoms with E-state index in [1.54, 1.807) is 7.11 Å². The maximum absolute atomic E-state index is 10.7. The molecule has 0 fully saturated rings. The van der Waals surface area contributed by atoms with E-state index in [1.807, 2.05) is 12.1 Å². The van der Waals surface area contributed by atoms with E-state index in [4.69, 9.17) is 17.7 Å². The summed E-state index contributed by atoms with van der Waals surface area (Å²) in [5, 5.41) is 0. The molecule has 0 aromatic heterocycles. The van der Waals surface area contributed by atoms with E-state index in [1.165, 1.54) is 13.6 Å². The molecule has 4 nitrogen and oxygen atoms in total. The number of halogens is 4. The Kier molecular flexibility index (Phi) is 7.97. The Morgan fingerprint density at radius 1 is 1.04 bits per heavy atom. The predicted molar refractivity (Wildman–Crippen MR) is 77.6 cm³/mol. The number of hydrogen-bond acceptors (Lipinski definition) is 4. The summed E-state index contributed by atoms with van der Waals surface area (Å²) in [7, 11) is -4.39. The number of methoxy groups -OCH3 is 1. The second-order valence-electron chi connectivity index (χ2n) is 4.31. The standard InChI is InChI=1S/C14H14IO.CHF3O3S/c1-16-14-9-7-13(8-10-14)15-11-12-5-3-2-4-6-12;2-1(3,4)8(5,6)7/h2-10H,11H2,1H3;(H,5,6,7)/q+1;/p-1. The topological polar surface area (TPSA) is 66.4 Å². The molecule has 0 N–H and O–H groups in total. The number of benzene rings is 2. The van der Waals surface area contributed by atoms with Gasteiger partial charge in [0.25, 0.3) is 0 Å². The van der Waals surface area contributed by atoms with Crippen LogP contribution in [-0.2, 0) is 14.5 Å². The van der Waals surface area contributed by atoms with Crippen LogP contribution in [0.15, 0.2) is 54.6 Å². The highest BCUT2D eigenvalue weighted by atomic mass is 127. The molecule has 0 heterocycles. The van der Waals surface area contributed by atoms with Crippen molar-refractivity contribution in [3.63, 3.8) is 0 Å². The largest absolute Gasteiger partial charge is 0.741 e. The van der Waals surface area contributed by atoms with Crippen LogP contribution in [0.3, 0.4) is 0 Å². The Morgan fingerprint density at radius 2 is 1.54 bits per heavy atom. The maximum atomic E-state index is 10.7. The molecule has 132 valence electrons. The van der Waals surface area contributed by atoms with Gasteiger partial charge >= 0.3 is 26.7 Å². The van der Waals surface area contributed by atoms with Gasteiger partial charge in [0.1, 0.15) is 5.75 Å². The summed E-state index contributed by atoms with van der Waals surface area (Å²) >= 11 is 0.0745. The second-order valence-corrected chi connectivity index (χ2v) is 8.45. The zero-order chi connectivity index (χ0) is 18.2. The molecule has 2 aromatic rings. The zero-order valence-corrected chi connectivity index (χ0v) is 15.4. The third-order valence-electron chi connectivity index (χ3n) is 2.55. The molecule has 0 spiro atoms. The summed E-state index contributed by atoms with van der Waals surface area (Å²) in [6, 6.07) is 19.1. The van der Waals surface area contributed by atoms with Crippen molar-refractivity contribution in [3.8, 4) is 5.75 Å². The van der Waals surface area contributed by atoms with Gasteiger partial charge in [-0.25, -0.2) is 8.42 Å². The third kappa shape index (κ3) is 7.49. The summed E-state index contributed by atoms with van der Waals surface area (Å²) < 4.78 is 66.7. The van der Waals surface area contributed by atoms with E-state index < -0.39 is 15.6 Å². The second kappa shape index (κ2) is 9.23. The van der Waals surface area contributed by atoms with Gasteiger partial charge in [0, 0.05) is 0 Å². The minimum Gasteiger partial charge on any atom is -0.741 e. The van der Waals surface area contributed by atoms with E-state index in [9.17, 15) is 13.2 Å². The molecular formula is C15H14F3IO4S. The molecule has 0 aliphatic carbocycles. The number of hydrogen-bond donors (Lipinski definition) is 0. The molecule has 24 heavy (non-hydrogen) atoms. The summed E-state index contributed by atoms with van der Waals surface area (Å²) in [4.78, 5) is 0. The molecule has 0 bridgehead atoms. The lowest BCUT2D eigenvalue weighted by Crippen LogP contribution is -3.61. The molecule has 0 saturated carbocycles. The molecule has 0 amide bonds. The van der Waals surface area contributed by atoms with Gasteiger partial charge in [0.15, 0.2) is 18.1 Å². The Morgan fingerprint density at radius 3 is 1.96 bits per heavy atom. The molecule has 0 radical (unpaired) electrons. The van der Waals surface area contributed by atoms with E-state index in [0.717, 1.165) is 5.75 Å². The van der Waals surface area contributed by atoms with Crippen LogP contribution in [0, 0.1) is 3.57 Å². The molecule has 0 saturated heterocycles. The van der Waals surface area contributed by atoms with Crippen LogP contribution in [0.5, 0.6) is 5.75 Å². The maximum Gasteiger partial charge on any atom is 0.485 e. The summed E-state index contributed by atoms with van der Waals surface area (Å²) in [5.74, 6) is 0.937. The van der Waals surface area contributed by atoms with Crippen molar-refractivity contribution < 1.29 is 52.1 Å². The monoisotopic (exact) mass is 474 g/mol. The highest BCUT2D eigenvalue weighted by Crippen LogP contribution is 2.20. The first-order valence-electron chi connectivity index (χ1n) is 6.43. The molecule has 0 atom stereocenters. The van der Waals surface area contributed by atoms with Crippen molar-refractivity contribution in [2.45, 2.75) is 9.94 Å². The van der Waals surface area contributed by atoms with Gasteiger partial charge in [-0.2, -0.15) is 13.2 Å². The molecule has 0 unspecified atom stereocenters. The summed E-state index contributed by atoms with van der Waals surface area (Å²) in [6.07, 6.45) is 0. The van der Waals surface area contributed by atoms with Gasteiger partial charge in [-0.3, -0.25) is 0 Å². The average molecular weight is 474 g/mol. The fourth-order valence-corrected chi connectivity index (χ4v) is 3.64. The zero-order valence-electron chi connectivity index (χ0n) is 12.5. The van der Waals surface area contributed by atoms with Crippen LogP contribution in [0.2, 0.25) is 0 Å². The minimum absolute atomic E-state index is 0.0745. The number of alkyl halides is 4. The van der Waals surface area contributed by atoms with Crippen LogP contribution >= 0.6 is 0 Å². The van der Waals surface area contributed by atoms with Crippen LogP contribution < -0.4 is 25.9 Å². The van der Waals surface area contributed by atoms with Crippen molar-refractivity contribution in [2.24, 2.45) is 0 Å². The lowest BCUT2D eigenvalue weighted by atomic mass is 10.2. The van der Waals surface area contributed by atoms with Crippen LogP contribution in [-0.4, -0.2) is 25.6 Å². The van der Waals surface area contributed by atoms with Gasteiger partial charge in [-0.05, 0) is 29.8 Å². The Hall–Kier alpha value is -1.33. The van der Waals surface area contributed by atoms with E-state index in [0.29, 0.717) is 0 Å². The average Bonchev–Trinajstić information content (AvgIpc) is 2.53. The third-order valence-corrected chi connectivity index (χ3v) is 5.98. The molecule has 0 aliphatic heterocycles. The van der Waals surface area contributed by atoms with Gasteiger partial charge < -0.3 is 9.29 Å². The number of rotatable bonds is 4. The van der Waals surface area contributed by atoms with Gasteiger partial charge in [0.05, 0.1) is 7.11 Å². The smallest absolute Gasteiger partial charge is 0.485 e. The Balaban J connectivity index is 0.000000307. The van der Waals surface area contributed by atoms with Gasteiger partial charge in [0.2, 0.25) is 0 Å². The van der Waals surface area contributed by atoms with Gasteiger partial charge in [-0.1, -0.05) is 30.3 Å². The lowest BCUT2D eigenvalue weighted by molar-refractivity contribution is -0.643. The molecular weight excluding hydrogens is 460 g/mol. The minimum atomic E-state index is -6.09. The first-order chi connectivity index (χ1) is 11.1. The molecule has 2 rings (SSSR count). The van der Waals surface area contributed by atoms with Crippen LogP contribution in [0.4, 0.5) is 13.2 Å². The Bertz CT molecular complexity index is 717. The van der Waals surface area contributed by atoms with Crippen molar-refractivity contribution in [1.82, 2.24) is 0 Å². The Labute approximate surface area is 148 Å². The highest BCUT2D eigenvalue weighted by molar-refractivity contribution is 7.86. The summed E-state index contributed by atoms with van der Waals surface area (Å²) in [6.45, 7) is 0. The molecule has 2 aromatic carbocycles. The quantitative estimate of drug-likeness (QED) is 0.275. The van der Waals surface area contributed by atoms with Crippen molar-refractivity contribution >= 4 is 10.1 Å². The fourth-order valence-electron chi connectivity index (χ4n) is 1.38.